The van der Waals surface area contributed by atoms with Crippen molar-refractivity contribution in [2.45, 2.75) is 30.8 Å². The number of ether oxygens (including phenoxy) is 1. The van der Waals surface area contributed by atoms with E-state index in [4.69, 9.17) is 4.74 Å². The maximum Gasteiger partial charge on any atom is 0.233 e. The number of fused-ring (bicyclic) bond motifs is 1. The van der Waals surface area contributed by atoms with Crippen molar-refractivity contribution in [3.63, 3.8) is 0 Å². The van der Waals surface area contributed by atoms with Gasteiger partial charge < -0.3 is 14.7 Å². The fourth-order valence-electron chi connectivity index (χ4n) is 3.86. The average Bonchev–Trinajstić information content (AvgIpc) is 2.61. The van der Waals surface area contributed by atoms with E-state index < -0.39 is 11.5 Å². The number of carbonyl (C=O) groups is 1. The highest BCUT2D eigenvalue weighted by molar-refractivity contribution is 5.89. The molecule has 0 radical (unpaired) electrons. The number of morpholine rings is 1. The highest BCUT2D eigenvalue weighted by Crippen LogP contribution is 2.45. The third kappa shape index (κ3) is 2.70. The molecule has 1 aliphatic heterocycles. The number of amides is 1. The Morgan fingerprint density at radius 3 is 2.46 bits per heavy atom. The number of hydrogen-bond donors (Lipinski definition) is 1. The highest BCUT2D eigenvalue weighted by Gasteiger charge is 2.48. The Kier molecular flexibility index (Phi) is 4.02. The molecule has 1 amide bonds. The van der Waals surface area contributed by atoms with Crippen molar-refractivity contribution in [1.29, 1.82) is 0 Å². The van der Waals surface area contributed by atoms with Gasteiger partial charge in [-0.05, 0) is 35.6 Å². The van der Waals surface area contributed by atoms with E-state index in [1.165, 1.54) is 0 Å². The number of hydrogen-bond acceptors (Lipinski definition) is 3. The Morgan fingerprint density at radius 1 is 1.08 bits per heavy atom. The number of rotatable bonds is 3. The zero-order valence-corrected chi connectivity index (χ0v) is 13.8. The molecule has 2 aromatic carbocycles. The first-order valence-electron chi connectivity index (χ1n) is 8.75. The minimum Gasteiger partial charge on any atom is -0.389 e. The Morgan fingerprint density at radius 2 is 1.79 bits per heavy atom. The summed E-state index contributed by atoms with van der Waals surface area (Å²) in [4.78, 5) is 15.0. The second-order valence-corrected chi connectivity index (χ2v) is 6.93. The molecular formula is C20H23NO3. The van der Waals surface area contributed by atoms with E-state index in [2.05, 4.69) is 18.2 Å². The van der Waals surface area contributed by atoms with Gasteiger partial charge in [-0.25, -0.2) is 0 Å². The molecular weight excluding hydrogens is 302 g/mol. The van der Waals surface area contributed by atoms with Crippen molar-refractivity contribution in [2.75, 3.05) is 26.3 Å². The van der Waals surface area contributed by atoms with Gasteiger partial charge in [0.05, 0.1) is 24.7 Å². The Hall–Kier alpha value is -1.91. The first kappa shape index (κ1) is 15.6. The topological polar surface area (TPSA) is 49.8 Å². The summed E-state index contributed by atoms with van der Waals surface area (Å²) in [5.41, 5.74) is 0.0186. The number of nitrogens with zero attached hydrogens (tertiary/aromatic N) is 1. The summed E-state index contributed by atoms with van der Waals surface area (Å²) in [5.74, 6) is -0.440. The molecule has 1 heterocycles. The van der Waals surface area contributed by atoms with Gasteiger partial charge >= 0.3 is 0 Å². The molecule has 126 valence electrons. The minimum atomic E-state index is -0.905. The first-order valence-corrected chi connectivity index (χ1v) is 8.75. The molecule has 1 aliphatic carbocycles. The van der Waals surface area contributed by atoms with Crippen LogP contribution >= 0.6 is 0 Å². The predicted octanol–water partition coefficient (Wildman–Crippen LogP) is 2.70. The highest BCUT2D eigenvalue weighted by atomic mass is 16.5. The van der Waals surface area contributed by atoms with Gasteiger partial charge in [-0.15, -0.1) is 0 Å². The van der Waals surface area contributed by atoms with Gasteiger partial charge in [0.25, 0.3) is 0 Å². The van der Waals surface area contributed by atoms with Gasteiger partial charge in [0.15, 0.2) is 0 Å². The summed E-state index contributed by atoms with van der Waals surface area (Å²) >= 11 is 0. The standard InChI is InChI=1S/C20H23NO3/c22-19(21-10-12-24-13-11-21)18(20(23)8-3-9-20)17-7-6-15-4-1-2-5-16(15)14-17/h1-2,4-7,14,18,23H,3,8-13H2. The van der Waals surface area contributed by atoms with Crippen LogP contribution in [0.15, 0.2) is 42.5 Å². The van der Waals surface area contributed by atoms with Crippen LogP contribution in [-0.4, -0.2) is 47.8 Å². The van der Waals surface area contributed by atoms with E-state index in [9.17, 15) is 9.90 Å². The fraction of sp³-hybridized carbons (Fsp3) is 0.450. The zero-order valence-electron chi connectivity index (χ0n) is 13.8. The minimum absolute atomic E-state index is 0.0378. The van der Waals surface area contributed by atoms with Gasteiger partial charge in [-0.2, -0.15) is 0 Å². The molecule has 1 N–H and O–H groups in total. The lowest BCUT2D eigenvalue weighted by atomic mass is 9.68. The van der Waals surface area contributed by atoms with Crippen LogP contribution in [0.2, 0.25) is 0 Å². The Balaban J connectivity index is 1.72. The van der Waals surface area contributed by atoms with Crippen LogP contribution in [0, 0.1) is 0 Å². The Bertz CT molecular complexity index is 747. The van der Waals surface area contributed by atoms with Crippen LogP contribution in [0.4, 0.5) is 0 Å². The number of aliphatic hydroxyl groups is 1. The molecule has 0 bridgehead atoms. The molecule has 4 rings (SSSR count). The van der Waals surface area contributed by atoms with Gasteiger partial charge in [0, 0.05) is 13.1 Å². The second-order valence-electron chi connectivity index (χ2n) is 6.93. The largest absolute Gasteiger partial charge is 0.389 e. The van der Waals surface area contributed by atoms with Crippen molar-refractivity contribution < 1.29 is 14.6 Å². The van der Waals surface area contributed by atoms with E-state index in [1.54, 1.807) is 0 Å². The van der Waals surface area contributed by atoms with Gasteiger partial charge in [0.1, 0.15) is 0 Å². The van der Waals surface area contributed by atoms with Crippen LogP contribution in [0.25, 0.3) is 10.8 Å². The molecule has 2 aliphatic rings. The summed E-state index contributed by atoms with van der Waals surface area (Å²) in [7, 11) is 0. The molecule has 1 atom stereocenters. The number of benzene rings is 2. The van der Waals surface area contributed by atoms with Crippen molar-refractivity contribution in [3.05, 3.63) is 48.0 Å². The maximum atomic E-state index is 13.2. The van der Waals surface area contributed by atoms with E-state index in [0.29, 0.717) is 39.1 Å². The van der Waals surface area contributed by atoms with Crippen molar-refractivity contribution in [3.8, 4) is 0 Å². The molecule has 0 spiro atoms. The van der Waals surface area contributed by atoms with E-state index in [-0.39, 0.29) is 5.91 Å². The van der Waals surface area contributed by atoms with Crippen LogP contribution in [0.1, 0.15) is 30.7 Å². The predicted molar refractivity (Wildman–Crippen MR) is 92.9 cm³/mol. The molecule has 1 unspecified atom stereocenters. The van der Waals surface area contributed by atoms with Crippen LogP contribution < -0.4 is 0 Å². The van der Waals surface area contributed by atoms with Crippen LogP contribution in [0.3, 0.4) is 0 Å². The molecule has 4 heteroatoms. The fourth-order valence-corrected chi connectivity index (χ4v) is 3.86. The Labute approximate surface area is 142 Å². The number of carbonyl (C=O) groups excluding carboxylic acids is 1. The van der Waals surface area contributed by atoms with Crippen molar-refractivity contribution in [2.24, 2.45) is 0 Å². The SMILES string of the molecule is O=C(C(c1ccc2ccccc2c1)C1(O)CCC1)N1CCOCC1. The van der Waals surface area contributed by atoms with E-state index >= 15 is 0 Å². The summed E-state index contributed by atoms with van der Waals surface area (Å²) in [6.07, 6.45) is 2.37. The molecule has 0 aromatic heterocycles. The third-order valence-electron chi connectivity index (χ3n) is 5.43. The maximum absolute atomic E-state index is 13.2. The lowest BCUT2D eigenvalue weighted by Crippen LogP contribution is -2.52. The summed E-state index contributed by atoms with van der Waals surface area (Å²) in [5, 5.41) is 13.3. The molecule has 2 fully saturated rings. The average molecular weight is 325 g/mol. The van der Waals surface area contributed by atoms with E-state index in [1.807, 2.05) is 29.2 Å². The monoisotopic (exact) mass is 325 g/mol. The third-order valence-corrected chi connectivity index (χ3v) is 5.43. The molecule has 24 heavy (non-hydrogen) atoms. The summed E-state index contributed by atoms with van der Waals surface area (Å²) in [6, 6.07) is 14.2. The lowest BCUT2D eigenvalue weighted by Gasteiger charge is -2.44. The first-order chi connectivity index (χ1) is 11.7. The summed E-state index contributed by atoms with van der Waals surface area (Å²) in [6.45, 7) is 2.38. The molecule has 4 nitrogen and oxygen atoms in total. The van der Waals surface area contributed by atoms with Crippen molar-refractivity contribution in [1.82, 2.24) is 4.90 Å². The van der Waals surface area contributed by atoms with Gasteiger partial charge in [-0.1, -0.05) is 42.5 Å². The molecule has 1 saturated heterocycles. The van der Waals surface area contributed by atoms with Gasteiger partial charge in [-0.3, -0.25) is 4.79 Å². The van der Waals surface area contributed by atoms with Crippen molar-refractivity contribution >= 4 is 16.7 Å². The summed E-state index contributed by atoms with van der Waals surface area (Å²) < 4.78 is 5.36. The lowest BCUT2D eigenvalue weighted by molar-refractivity contribution is -0.149. The van der Waals surface area contributed by atoms with Crippen LogP contribution in [0.5, 0.6) is 0 Å². The quantitative estimate of drug-likeness (QED) is 0.944. The molecule has 1 saturated carbocycles. The molecule has 2 aromatic rings. The zero-order chi connectivity index (χ0) is 16.6. The van der Waals surface area contributed by atoms with E-state index in [0.717, 1.165) is 22.8 Å². The smallest absolute Gasteiger partial charge is 0.233 e. The second kappa shape index (κ2) is 6.19. The van der Waals surface area contributed by atoms with Gasteiger partial charge in [0.2, 0.25) is 5.91 Å². The van der Waals surface area contributed by atoms with Crippen LogP contribution in [-0.2, 0) is 9.53 Å². The normalized spacial score (nSPS) is 21.3.